The fourth-order valence-corrected chi connectivity index (χ4v) is 3.14. The summed E-state index contributed by atoms with van der Waals surface area (Å²) in [7, 11) is 0. The highest BCUT2D eigenvalue weighted by molar-refractivity contribution is 5.79. The Bertz CT molecular complexity index is 919. The number of amides is 1. The van der Waals surface area contributed by atoms with Gasteiger partial charge in [-0.05, 0) is 41.7 Å². The van der Waals surface area contributed by atoms with Crippen molar-refractivity contribution in [2.45, 2.75) is 40.0 Å². The van der Waals surface area contributed by atoms with Gasteiger partial charge in [-0.2, -0.15) is 0 Å². The molecule has 0 aromatic heterocycles. The first kappa shape index (κ1) is 19.8. The molecule has 0 spiro atoms. The number of aryl methyl sites for hydroxylation is 2. The summed E-state index contributed by atoms with van der Waals surface area (Å²) in [5.74, 6) is 0.0358. The molecule has 1 N–H and O–H groups in total. The van der Waals surface area contributed by atoms with Gasteiger partial charge in [-0.3, -0.25) is 4.79 Å². The van der Waals surface area contributed by atoms with Crippen molar-refractivity contribution in [3.63, 3.8) is 0 Å². The van der Waals surface area contributed by atoms with Gasteiger partial charge in [0, 0.05) is 6.54 Å². The van der Waals surface area contributed by atoms with E-state index in [-0.39, 0.29) is 5.91 Å². The van der Waals surface area contributed by atoms with Crippen LogP contribution in [0.5, 0.6) is 0 Å². The Labute approximate surface area is 167 Å². The van der Waals surface area contributed by atoms with Gasteiger partial charge in [-0.15, -0.1) is 0 Å². The molecule has 0 unspecified atom stereocenters. The third-order valence-corrected chi connectivity index (χ3v) is 4.82. The van der Waals surface area contributed by atoms with Gasteiger partial charge in [-0.25, -0.2) is 0 Å². The molecule has 0 saturated carbocycles. The molecule has 3 nitrogen and oxygen atoms in total. The lowest BCUT2D eigenvalue weighted by atomic mass is 10.0. The van der Waals surface area contributed by atoms with E-state index in [0.29, 0.717) is 26.2 Å². The fourth-order valence-electron chi connectivity index (χ4n) is 3.14. The van der Waals surface area contributed by atoms with Crippen LogP contribution in [0.4, 0.5) is 0 Å². The third kappa shape index (κ3) is 5.80. The van der Waals surface area contributed by atoms with E-state index in [4.69, 9.17) is 4.74 Å². The maximum absolute atomic E-state index is 12.4. The molecule has 3 heteroatoms. The van der Waals surface area contributed by atoms with Crippen molar-refractivity contribution < 1.29 is 9.53 Å². The van der Waals surface area contributed by atoms with Crippen molar-refractivity contribution in [3.8, 4) is 0 Å². The summed E-state index contributed by atoms with van der Waals surface area (Å²) in [5.41, 5.74) is 6.75. The Hall–Kier alpha value is -2.91. The molecule has 0 fully saturated rings. The minimum atomic E-state index is 0.0358. The summed E-state index contributed by atoms with van der Waals surface area (Å²) >= 11 is 0. The van der Waals surface area contributed by atoms with Crippen LogP contribution in [-0.2, 0) is 35.7 Å². The van der Waals surface area contributed by atoms with Crippen LogP contribution in [0.15, 0.2) is 72.8 Å². The van der Waals surface area contributed by atoms with Gasteiger partial charge in [0.1, 0.15) is 0 Å². The average molecular weight is 373 g/mol. The van der Waals surface area contributed by atoms with Gasteiger partial charge >= 0.3 is 0 Å². The molecule has 0 aliphatic heterocycles. The molecule has 3 rings (SSSR count). The van der Waals surface area contributed by atoms with E-state index < -0.39 is 0 Å². The maximum Gasteiger partial charge on any atom is 0.224 e. The molecule has 0 aliphatic rings. The molecule has 144 valence electrons. The summed E-state index contributed by atoms with van der Waals surface area (Å²) in [6.45, 7) is 5.70. The van der Waals surface area contributed by atoms with Gasteiger partial charge < -0.3 is 10.1 Å². The predicted octanol–water partition coefficient (Wildman–Crippen LogP) is 4.88. The van der Waals surface area contributed by atoms with E-state index in [1.807, 2.05) is 50.2 Å². The number of nitrogens with one attached hydrogen (secondary N) is 1. The molecule has 0 bridgehead atoms. The minimum absolute atomic E-state index is 0.0358. The van der Waals surface area contributed by atoms with Gasteiger partial charge in [0.05, 0.1) is 19.6 Å². The molecule has 3 aromatic carbocycles. The first-order valence-corrected chi connectivity index (χ1v) is 9.63. The van der Waals surface area contributed by atoms with E-state index in [0.717, 1.165) is 27.8 Å². The highest BCUT2D eigenvalue weighted by atomic mass is 16.5. The third-order valence-electron chi connectivity index (χ3n) is 4.82. The molecule has 3 aromatic rings. The van der Waals surface area contributed by atoms with Crippen LogP contribution in [-0.4, -0.2) is 5.91 Å². The van der Waals surface area contributed by atoms with E-state index in [2.05, 4.69) is 41.7 Å². The number of carbonyl (C=O) groups excluding carboxylic acids is 1. The van der Waals surface area contributed by atoms with Crippen molar-refractivity contribution >= 4 is 5.91 Å². The summed E-state index contributed by atoms with van der Waals surface area (Å²) in [6, 6.07) is 24.4. The Kier molecular flexibility index (Phi) is 6.99. The lowest BCUT2D eigenvalue weighted by Crippen LogP contribution is -2.25. The molecule has 28 heavy (non-hydrogen) atoms. The minimum Gasteiger partial charge on any atom is -0.372 e. The Balaban J connectivity index is 1.54. The van der Waals surface area contributed by atoms with E-state index in [1.165, 1.54) is 5.56 Å². The molecular weight excluding hydrogens is 346 g/mol. The second-order valence-electron chi connectivity index (χ2n) is 7.13. The average Bonchev–Trinajstić information content (AvgIpc) is 2.71. The van der Waals surface area contributed by atoms with Crippen LogP contribution in [0.25, 0.3) is 0 Å². The fraction of sp³-hybridized carbons (Fsp3) is 0.240. The molecule has 0 saturated heterocycles. The Morgan fingerprint density at radius 3 is 2.32 bits per heavy atom. The highest BCUT2D eigenvalue weighted by Gasteiger charge is 2.08. The van der Waals surface area contributed by atoms with Crippen molar-refractivity contribution in [1.82, 2.24) is 5.32 Å². The molecule has 0 heterocycles. The van der Waals surface area contributed by atoms with Crippen LogP contribution in [0.1, 0.15) is 33.4 Å². The Morgan fingerprint density at radius 1 is 0.821 bits per heavy atom. The van der Waals surface area contributed by atoms with Crippen LogP contribution >= 0.6 is 0 Å². The quantitative estimate of drug-likeness (QED) is 0.611. The SMILES string of the molecule is Cc1ccc(C)c(CC(=O)NCc2ccccc2COCc2ccccc2)c1. The maximum atomic E-state index is 12.4. The lowest BCUT2D eigenvalue weighted by molar-refractivity contribution is -0.120. The number of benzene rings is 3. The molecule has 0 radical (unpaired) electrons. The van der Waals surface area contributed by atoms with Gasteiger partial charge in [-0.1, -0.05) is 78.4 Å². The van der Waals surface area contributed by atoms with E-state index in [9.17, 15) is 4.79 Å². The van der Waals surface area contributed by atoms with Crippen molar-refractivity contribution in [3.05, 3.63) is 106 Å². The number of carbonyl (C=O) groups is 1. The smallest absolute Gasteiger partial charge is 0.224 e. The monoisotopic (exact) mass is 373 g/mol. The first-order valence-electron chi connectivity index (χ1n) is 9.63. The second-order valence-corrected chi connectivity index (χ2v) is 7.13. The van der Waals surface area contributed by atoms with Gasteiger partial charge in [0.2, 0.25) is 5.91 Å². The largest absolute Gasteiger partial charge is 0.372 e. The van der Waals surface area contributed by atoms with E-state index in [1.54, 1.807) is 0 Å². The standard InChI is InChI=1S/C25H27NO2/c1-19-12-13-20(2)24(14-19)15-25(27)26-16-22-10-6-7-11-23(22)18-28-17-21-8-4-3-5-9-21/h3-14H,15-18H2,1-2H3,(H,26,27). The summed E-state index contributed by atoms with van der Waals surface area (Å²) in [6.07, 6.45) is 0.403. The van der Waals surface area contributed by atoms with Crippen LogP contribution in [0, 0.1) is 13.8 Å². The van der Waals surface area contributed by atoms with Crippen LogP contribution in [0.3, 0.4) is 0 Å². The predicted molar refractivity (Wildman–Crippen MR) is 113 cm³/mol. The number of hydrogen-bond acceptors (Lipinski definition) is 2. The first-order chi connectivity index (χ1) is 13.6. The lowest BCUT2D eigenvalue weighted by Gasteiger charge is -2.12. The number of hydrogen-bond donors (Lipinski definition) is 1. The zero-order chi connectivity index (χ0) is 19.8. The Morgan fingerprint density at radius 2 is 1.54 bits per heavy atom. The van der Waals surface area contributed by atoms with E-state index >= 15 is 0 Å². The van der Waals surface area contributed by atoms with Crippen molar-refractivity contribution in [2.24, 2.45) is 0 Å². The van der Waals surface area contributed by atoms with Crippen LogP contribution < -0.4 is 5.32 Å². The molecule has 0 aliphatic carbocycles. The number of ether oxygens (including phenoxy) is 1. The molecular formula is C25H27NO2. The van der Waals surface area contributed by atoms with Crippen molar-refractivity contribution in [1.29, 1.82) is 0 Å². The normalized spacial score (nSPS) is 10.6. The zero-order valence-electron chi connectivity index (χ0n) is 16.6. The number of rotatable bonds is 8. The summed E-state index contributed by atoms with van der Waals surface area (Å²) < 4.78 is 5.87. The van der Waals surface area contributed by atoms with Crippen molar-refractivity contribution in [2.75, 3.05) is 0 Å². The summed E-state index contributed by atoms with van der Waals surface area (Å²) in [4.78, 5) is 12.4. The molecule has 1 amide bonds. The van der Waals surface area contributed by atoms with Crippen LogP contribution in [0.2, 0.25) is 0 Å². The molecule has 0 atom stereocenters. The van der Waals surface area contributed by atoms with Gasteiger partial charge in [0.25, 0.3) is 0 Å². The zero-order valence-corrected chi connectivity index (χ0v) is 16.6. The topological polar surface area (TPSA) is 38.3 Å². The summed E-state index contributed by atoms with van der Waals surface area (Å²) in [5, 5.41) is 3.05. The van der Waals surface area contributed by atoms with Gasteiger partial charge in [0.15, 0.2) is 0 Å². The highest BCUT2D eigenvalue weighted by Crippen LogP contribution is 2.13. The second kappa shape index (κ2) is 9.86.